The first-order chi connectivity index (χ1) is 9.16. The molecule has 0 amide bonds. The Balaban J connectivity index is 2.32. The molecule has 0 fully saturated rings. The van der Waals surface area contributed by atoms with E-state index in [1.165, 1.54) is 0 Å². The minimum absolute atomic E-state index is 0.488. The lowest BCUT2D eigenvalue weighted by molar-refractivity contribution is 1.19. The van der Waals surface area contributed by atoms with E-state index in [0.29, 0.717) is 16.9 Å². The number of nitrogens with two attached hydrogens (primary N) is 2. The van der Waals surface area contributed by atoms with Crippen molar-refractivity contribution in [3.05, 3.63) is 48.2 Å². The predicted octanol–water partition coefficient (Wildman–Crippen LogP) is 2.77. The molecule has 0 aliphatic carbocycles. The van der Waals surface area contributed by atoms with Crippen molar-refractivity contribution in [3.63, 3.8) is 0 Å². The second-order valence-corrected chi connectivity index (χ2v) is 4.46. The zero-order chi connectivity index (χ0) is 13.4. The van der Waals surface area contributed by atoms with Gasteiger partial charge in [-0.1, -0.05) is 30.3 Å². The van der Waals surface area contributed by atoms with Gasteiger partial charge in [0.2, 0.25) is 0 Å². The number of fused-ring (bicyclic) bond motifs is 1. The largest absolute Gasteiger partial charge is 0.397 e. The lowest BCUT2D eigenvalue weighted by Gasteiger charge is -2.09. The van der Waals surface area contributed by atoms with Gasteiger partial charge in [-0.3, -0.25) is 0 Å². The van der Waals surface area contributed by atoms with Crippen LogP contribution in [0.15, 0.2) is 42.5 Å². The van der Waals surface area contributed by atoms with E-state index in [-0.39, 0.29) is 0 Å². The molecule has 0 aliphatic rings. The van der Waals surface area contributed by atoms with Gasteiger partial charge >= 0.3 is 0 Å². The van der Waals surface area contributed by atoms with Gasteiger partial charge in [0.05, 0.1) is 28.3 Å². The van der Waals surface area contributed by atoms with Crippen LogP contribution in [0.5, 0.6) is 0 Å². The van der Waals surface area contributed by atoms with Crippen LogP contribution in [0.25, 0.3) is 22.3 Å². The summed E-state index contributed by atoms with van der Waals surface area (Å²) in [6.07, 6.45) is 0. The van der Waals surface area contributed by atoms with Gasteiger partial charge in [-0.2, -0.15) is 0 Å². The van der Waals surface area contributed by atoms with Gasteiger partial charge in [0.25, 0.3) is 0 Å². The highest BCUT2D eigenvalue weighted by Crippen LogP contribution is 2.28. The molecule has 4 N–H and O–H groups in total. The van der Waals surface area contributed by atoms with Crippen molar-refractivity contribution >= 4 is 22.4 Å². The zero-order valence-corrected chi connectivity index (χ0v) is 10.6. The first-order valence-electron chi connectivity index (χ1n) is 6.04. The third-order valence-corrected chi connectivity index (χ3v) is 3.13. The summed E-state index contributed by atoms with van der Waals surface area (Å²) in [5.41, 5.74) is 17.0. The van der Waals surface area contributed by atoms with Gasteiger partial charge in [0, 0.05) is 5.56 Å². The Bertz CT molecular complexity index is 751. The standard InChI is InChI=1S/C15H14N4/c1-9-14(10-5-3-2-4-6-10)19-15-12(18-9)8-7-11(16)13(15)17/h2-8H,16-17H2,1H3. The number of anilines is 2. The molecule has 0 aliphatic heterocycles. The molecule has 94 valence electrons. The van der Waals surface area contributed by atoms with Crippen LogP contribution < -0.4 is 11.5 Å². The Morgan fingerprint density at radius 3 is 2.37 bits per heavy atom. The van der Waals surface area contributed by atoms with E-state index in [0.717, 1.165) is 22.5 Å². The first-order valence-corrected chi connectivity index (χ1v) is 6.04. The summed E-state index contributed by atoms with van der Waals surface area (Å²) < 4.78 is 0. The van der Waals surface area contributed by atoms with Crippen molar-refractivity contribution in [1.82, 2.24) is 9.97 Å². The predicted molar refractivity (Wildman–Crippen MR) is 78.5 cm³/mol. The molecule has 0 saturated heterocycles. The highest BCUT2D eigenvalue weighted by molar-refractivity contribution is 5.94. The van der Waals surface area contributed by atoms with Crippen molar-refractivity contribution < 1.29 is 0 Å². The van der Waals surface area contributed by atoms with Gasteiger partial charge < -0.3 is 11.5 Å². The quantitative estimate of drug-likeness (QED) is 0.651. The fraction of sp³-hybridized carbons (Fsp3) is 0.0667. The molecule has 0 unspecified atom stereocenters. The monoisotopic (exact) mass is 250 g/mol. The summed E-state index contributed by atoms with van der Waals surface area (Å²) in [5, 5.41) is 0. The van der Waals surface area contributed by atoms with Crippen LogP contribution in [-0.2, 0) is 0 Å². The third kappa shape index (κ3) is 1.87. The Kier molecular flexibility index (Phi) is 2.56. The minimum atomic E-state index is 0.488. The third-order valence-electron chi connectivity index (χ3n) is 3.13. The van der Waals surface area contributed by atoms with Gasteiger partial charge in [0.15, 0.2) is 0 Å². The summed E-state index contributed by atoms with van der Waals surface area (Å²) in [4.78, 5) is 9.19. The summed E-state index contributed by atoms with van der Waals surface area (Å²) >= 11 is 0. The zero-order valence-electron chi connectivity index (χ0n) is 10.6. The average molecular weight is 250 g/mol. The van der Waals surface area contributed by atoms with Crippen LogP contribution in [0.1, 0.15) is 5.69 Å². The number of nitrogen functional groups attached to an aromatic ring is 2. The number of benzene rings is 2. The van der Waals surface area contributed by atoms with E-state index in [1.807, 2.05) is 43.3 Å². The number of nitrogens with zero attached hydrogens (tertiary/aromatic N) is 2. The molecule has 3 aromatic rings. The summed E-state index contributed by atoms with van der Waals surface area (Å²) in [7, 11) is 0. The normalized spacial score (nSPS) is 10.8. The van der Waals surface area contributed by atoms with Gasteiger partial charge in [0.1, 0.15) is 5.52 Å². The van der Waals surface area contributed by atoms with Gasteiger partial charge in [-0.05, 0) is 19.1 Å². The van der Waals surface area contributed by atoms with Crippen molar-refractivity contribution in [3.8, 4) is 11.3 Å². The lowest BCUT2D eigenvalue weighted by atomic mass is 10.1. The molecule has 3 rings (SSSR count). The van der Waals surface area contributed by atoms with E-state index in [2.05, 4.69) is 9.97 Å². The molecule has 2 aromatic carbocycles. The molecule has 0 saturated carbocycles. The number of hydrogen-bond acceptors (Lipinski definition) is 4. The van der Waals surface area contributed by atoms with Crippen molar-refractivity contribution in [2.24, 2.45) is 0 Å². The minimum Gasteiger partial charge on any atom is -0.397 e. The van der Waals surface area contributed by atoms with E-state index in [9.17, 15) is 0 Å². The second-order valence-electron chi connectivity index (χ2n) is 4.46. The molecule has 0 bridgehead atoms. The van der Waals surface area contributed by atoms with Crippen LogP contribution in [0.3, 0.4) is 0 Å². The maximum atomic E-state index is 5.99. The molecular weight excluding hydrogens is 236 g/mol. The molecule has 0 radical (unpaired) electrons. The molecule has 19 heavy (non-hydrogen) atoms. The highest BCUT2D eigenvalue weighted by atomic mass is 14.9. The van der Waals surface area contributed by atoms with E-state index in [1.54, 1.807) is 6.07 Å². The molecular formula is C15H14N4. The molecule has 0 spiro atoms. The summed E-state index contributed by atoms with van der Waals surface area (Å²) in [6.45, 7) is 1.95. The lowest BCUT2D eigenvalue weighted by Crippen LogP contribution is -2.00. The Labute approximate surface area is 111 Å². The summed E-state index contributed by atoms with van der Waals surface area (Å²) in [6, 6.07) is 13.5. The SMILES string of the molecule is Cc1nc2ccc(N)c(N)c2nc1-c1ccccc1. The number of rotatable bonds is 1. The van der Waals surface area contributed by atoms with Crippen LogP contribution in [0.2, 0.25) is 0 Å². The second kappa shape index (κ2) is 4.24. The average Bonchev–Trinajstić information content (AvgIpc) is 2.44. The fourth-order valence-electron chi connectivity index (χ4n) is 2.12. The number of hydrogen-bond donors (Lipinski definition) is 2. The van der Waals surface area contributed by atoms with Crippen LogP contribution >= 0.6 is 0 Å². The van der Waals surface area contributed by atoms with Crippen molar-refractivity contribution in [2.75, 3.05) is 11.5 Å². The fourth-order valence-corrected chi connectivity index (χ4v) is 2.12. The summed E-state index contributed by atoms with van der Waals surface area (Å²) in [5.74, 6) is 0. The Morgan fingerprint density at radius 2 is 1.63 bits per heavy atom. The van der Waals surface area contributed by atoms with Crippen LogP contribution in [0.4, 0.5) is 11.4 Å². The topological polar surface area (TPSA) is 77.8 Å². The van der Waals surface area contributed by atoms with E-state index < -0.39 is 0 Å². The Morgan fingerprint density at radius 1 is 0.895 bits per heavy atom. The van der Waals surface area contributed by atoms with E-state index >= 15 is 0 Å². The molecule has 4 nitrogen and oxygen atoms in total. The van der Waals surface area contributed by atoms with Crippen molar-refractivity contribution in [1.29, 1.82) is 0 Å². The number of aromatic nitrogens is 2. The van der Waals surface area contributed by atoms with Gasteiger partial charge in [-0.15, -0.1) is 0 Å². The maximum Gasteiger partial charge on any atom is 0.114 e. The first kappa shape index (κ1) is 11.5. The molecule has 4 heteroatoms. The smallest absolute Gasteiger partial charge is 0.114 e. The van der Waals surface area contributed by atoms with E-state index in [4.69, 9.17) is 11.5 Å². The maximum absolute atomic E-state index is 5.99. The molecule has 0 atom stereocenters. The Hall–Kier alpha value is -2.62. The highest BCUT2D eigenvalue weighted by Gasteiger charge is 2.10. The van der Waals surface area contributed by atoms with Crippen LogP contribution in [-0.4, -0.2) is 9.97 Å². The number of aryl methyl sites for hydroxylation is 1. The molecule has 1 heterocycles. The molecule has 1 aromatic heterocycles. The van der Waals surface area contributed by atoms with Crippen LogP contribution in [0, 0.1) is 6.92 Å². The van der Waals surface area contributed by atoms with Gasteiger partial charge in [-0.25, -0.2) is 9.97 Å². The van der Waals surface area contributed by atoms with Crippen molar-refractivity contribution in [2.45, 2.75) is 6.92 Å².